The number of rotatable bonds is 3. The molecule has 26 heavy (non-hydrogen) atoms. The summed E-state index contributed by atoms with van der Waals surface area (Å²) < 4.78 is 16.7. The van der Waals surface area contributed by atoms with Gasteiger partial charge in [-0.15, -0.1) is 0 Å². The molecule has 134 valence electrons. The van der Waals surface area contributed by atoms with Crippen molar-refractivity contribution in [2.75, 3.05) is 6.79 Å². The van der Waals surface area contributed by atoms with Crippen molar-refractivity contribution >= 4 is 16.9 Å². The van der Waals surface area contributed by atoms with Crippen LogP contribution in [-0.2, 0) is 0 Å². The highest BCUT2D eigenvalue weighted by Crippen LogP contribution is 2.35. The summed E-state index contributed by atoms with van der Waals surface area (Å²) in [4.78, 5) is 12.8. The van der Waals surface area contributed by atoms with E-state index in [4.69, 9.17) is 13.9 Å². The number of hydrogen-bond donors (Lipinski definition) is 1. The zero-order valence-corrected chi connectivity index (χ0v) is 15.3. The number of nitrogens with one attached hydrogen (secondary N) is 1. The molecule has 1 N–H and O–H groups in total. The van der Waals surface area contributed by atoms with Gasteiger partial charge in [0.2, 0.25) is 6.79 Å². The first-order valence-corrected chi connectivity index (χ1v) is 8.65. The fourth-order valence-corrected chi connectivity index (χ4v) is 3.42. The van der Waals surface area contributed by atoms with E-state index in [0.717, 1.165) is 39.0 Å². The first-order chi connectivity index (χ1) is 12.5. The van der Waals surface area contributed by atoms with Crippen LogP contribution in [-0.4, -0.2) is 12.7 Å². The van der Waals surface area contributed by atoms with Crippen LogP contribution < -0.4 is 14.8 Å². The SMILES string of the molecule is Cc1ccc(C)c2c(C)c(C(=O)NC(C)c3ccc4c(c3)OCO4)oc12. The average molecular weight is 351 g/mol. The van der Waals surface area contributed by atoms with Crippen molar-refractivity contribution < 1.29 is 18.7 Å². The van der Waals surface area contributed by atoms with Gasteiger partial charge in [-0.1, -0.05) is 18.2 Å². The number of carbonyl (C=O) groups excluding carboxylic acids is 1. The Hall–Kier alpha value is -2.95. The number of aryl methyl sites for hydroxylation is 3. The van der Waals surface area contributed by atoms with Crippen molar-refractivity contribution in [2.24, 2.45) is 0 Å². The first-order valence-electron chi connectivity index (χ1n) is 8.65. The standard InChI is InChI=1S/C21H21NO4/c1-11-5-6-12(2)19-18(11)13(3)20(26-19)21(23)22-14(4)15-7-8-16-17(9-15)25-10-24-16/h5-9,14H,10H2,1-4H3,(H,22,23). The Kier molecular flexibility index (Phi) is 3.87. The van der Waals surface area contributed by atoms with Crippen LogP contribution in [0.25, 0.3) is 11.0 Å². The minimum atomic E-state index is -0.220. The predicted octanol–water partition coefficient (Wildman–Crippen LogP) is 4.58. The van der Waals surface area contributed by atoms with E-state index in [9.17, 15) is 4.79 Å². The Bertz CT molecular complexity index is 1020. The number of hydrogen-bond acceptors (Lipinski definition) is 4. The van der Waals surface area contributed by atoms with Gasteiger partial charge >= 0.3 is 0 Å². The topological polar surface area (TPSA) is 60.7 Å². The molecule has 1 aromatic heterocycles. The Morgan fingerprint density at radius 2 is 1.77 bits per heavy atom. The van der Waals surface area contributed by atoms with Crippen LogP contribution in [0.2, 0.25) is 0 Å². The summed E-state index contributed by atoms with van der Waals surface area (Å²) in [5.41, 5.74) is 4.73. The van der Waals surface area contributed by atoms with E-state index >= 15 is 0 Å². The molecule has 0 spiro atoms. The minimum absolute atomic E-state index is 0.188. The zero-order chi connectivity index (χ0) is 18.4. The number of fused-ring (bicyclic) bond motifs is 2. The Labute approximate surface area is 151 Å². The molecule has 0 bridgehead atoms. The summed E-state index contributed by atoms with van der Waals surface area (Å²) in [5.74, 6) is 1.58. The number of ether oxygens (including phenoxy) is 2. The van der Waals surface area contributed by atoms with Gasteiger partial charge in [-0.3, -0.25) is 4.79 Å². The van der Waals surface area contributed by atoms with E-state index in [1.807, 2.05) is 52.0 Å². The van der Waals surface area contributed by atoms with Crippen LogP contribution >= 0.6 is 0 Å². The van der Waals surface area contributed by atoms with Crippen LogP contribution in [0.5, 0.6) is 11.5 Å². The van der Waals surface area contributed by atoms with E-state index < -0.39 is 0 Å². The summed E-state index contributed by atoms with van der Waals surface area (Å²) in [7, 11) is 0. The minimum Gasteiger partial charge on any atom is -0.454 e. The molecule has 1 atom stereocenters. The van der Waals surface area contributed by atoms with Crippen LogP contribution in [0, 0.1) is 20.8 Å². The van der Waals surface area contributed by atoms with Gasteiger partial charge in [-0.25, -0.2) is 0 Å². The molecule has 1 aliphatic heterocycles. The quantitative estimate of drug-likeness (QED) is 0.750. The van der Waals surface area contributed by atoms with Crippen molar-refractivity contribution in [2.45, 2.75) is 33.7 Å². The van der Waals surface area contributed by atoms with Gasteiger partial charge in [0.15, 0.2) is 17.3 Å². The molecule has 1 amide bonds. The third kappa shape index (κ3) is 2.60. The van der Waals surface area contributed by atoms with Gasteiger partial charge in [-0.2, -0.15) is 0 Å². The Morgan fingerprint density at radius 1 is 1.04 bits per heavy atom. The molecule has 2 aromatic carbocycles. The van der Waals surface area contributed by atoms with E-state index in [2.05, 4.69) is 11.4 Å². The highest BCUT2D eigenvalue weighted by molar-refractivity contribution is 6.00. The summed E-state index contributed by atoms with van der Waals surface area (Å²) in [5, 5.41) is 4.03. The highest BCUT2D eigenvalue weighted by atomic mass is 16.7. The normalized spacial score (nSPS) is 13.8. The van der Waals surface area contributed by atoms with Crippen molar-refractivity contribution in [3.05, 3.63) is 58.3 Å². The van der Waals surface area contributed by atoms with Crippen molar-refractivity contribution in [3.8, 4) is 11.5 Å². The van der Waals surface area contributed by atoms with E-state index in [-0.39, 0.29) is 18.7 Å². The van der Waals surface area contributed by atoms with E-state index in [1.54, 1.807) is 0 Å². The summed E-state index contributed by atoms with van der Waals surface area (Å²) in [6.45, 7) is 8.11. The third-order valence-corrected chi connectivity index (χ3v) is 4.93. The summed E-state index contributed by atoms with van der Waals surface area (Å²) in [6.07, 6.45) is 0. The molecule has 0 saturated carbocycles. The lowest BCUT2D eigenvalue weighted by Gasteiger charge is -2.14. The molecule has 5 nitrogen and oxygen atoms in total. The molecule has 3 aromatic rings. The molecular formula is C21H21NO4. The van der Waals surface area contributed by atoms with Gasteiger partial charge in [0.05, 0.1) is 6.04 Å². The van der Waals surface area contributed by atoms with Crippen molar-refractivity contribution in [1.82, 2.24) is 5.32 Å². The lowest BCUT2D eigenvalue weighted by atomic mass is 10.0. The van der Waals surface area contributed by atoms with Crippen LogP contribution in [0.4, 0.5) is 0 Å². The van der Waals surface area contributed by atoms with Crippen molar-refractivity contribution in [3.63, 3.8) is 0 Å². The fourth-order valence-electron chi connectivity index (χ4n) is 3.42. The van der Waals surface area contributed by atoms with Gasteiger partial charge in [-0.05, 0) is 56.5 Å². The monoisotopic (exact) mass is 351 g/mol. The molecule has 0 fully saturated rings. The largest absolute Gasteiger partial charge is 0.454 e. The molecule has 1 aliphatic rings. The van der Waals surface area contributed by atoms with Crippen molar-refractivity contribution in [1.29, 1.82) is 0 Å². The first kappa shape index (κ1) is 16.5. The van der Waals surface area contributed by atoms with E-state index in [0.29, 0.717) is 11.5 Å². The molecule has 0 saturated heterocycles. The lowest BCUT2D eigenvalue weighted by Crippen LogP contribution is -2.26. The number of amides is 1. The maximum Gasteiger partial charge on any atom is 0.287 e. The molecule has 5 heteroatoms. The second-order valence-electron chi connectivity index (χ2n) is 6.77. The fraction of sp³-hybridized carbons (Fsp3) is 0.286. The maximum atomic E-state index is 12.8. The smallest absolute Gasteiger partial charge is 0.287 e. The second-order valence-corrected chi connectivity index (χ2v) is 6.77. The number of furan rings is 1. The van der Waals surface area contributed by atoms with Crippen LogP contribution in [0.3, 0.4) is 0 Å². The lowest BCUT2D eigenvalue weighted by molar-refractivity contribution is 0.0913. The van der Waals surface area contributed by atoms with Crippen LogP contribution in [0.15, 0.2) is 34.7 Å². The second kappa shape index (κ2) is 6.09. The van der Waals surface area contributed by atoms with Gasteiger partial charge in [0, 0.05) is 10.9 Å². The number of benzene rings is 2. The molecular weight excluding hydrogens is 330 g/mol. The number of carbonyl (C=O) groups is 1. The Morgan fingerprint density at radius 3 is 2.54 bits per heavy atom. The van der Waals surface area contributed by atoms with Gasteiger partial charge in [0.1, 0.15) is 5.58 Å². The van der Waals surface area contributed by atoms with E-state index in [1.165, 1.54) is 0 Å². The average Bonchev–Trinajstić information content (AvgIpc) is 3.22. The molecule has 0 radical (unpaired) electrons. The molecule has 2 heterocycles. The Balaban J connectivity index is 1.62. The predicted molar refractivity (Wildman–Crippen MR) is 98.9 cm³/mol. The molecule has 1 unspecified atom stereocenters. The third-order valence-electron chi connectivity index (χ3n) is 4.93. The maximum absolute atomic E-state index is 12.8. The van der Waals surface area contributed by atoms with Crippen LogP contribution in [0.1, 0.15) is 45.8 Å². The summed E-state index contributed by atoms with van der Waals surface area (Å²) >= 11 is 0. The van der Waals surface area contributed by atoms with Gasteiger partial charge < -0.3 is 19.2 Å². The summed E-state index contributed by atoms with van der Waals surface area (Å²) in [6, 6.07) is 9.56. The zero-order valence-electron chi connectivity index (χ0n) is 15.3. The van der Waals surface area contributed by atoms with Gasteiger partial charge in [0.25, 0.3) is 5.91 Å². The molecule has 0 aliphatic carbocycles. The highest BCUT2D eigenvalue weighted by Gasteiger charge is 2.22. The molecule has 4 rings (SSSR count).